The van der Waals surface area contributed by atoms with E-state index in [1.807, 2.05) is 12.2 Å². The Morgan fingerprint density at radius 2 is 1.67 bits per heavy atom. The fourth-order valence-electron chi connectivity index (χ4n) is 0.405. The summed E-state index contributed by atoms with van der Waals surface area (Å²) in [6.45, 7) is 0. The maximum Gasteiger partial charge on any atom is 0.460 e. The van der Waals surface area contributed by atoms with Crippen LogP contribution < -0.4 is 0 Å². The lowest BCUT2D eigenvalue weighted by Gasteiger charge is -1.69. The Balaban J connectivity index is 2.60. The normalized spacial score (nSPS) is 17.2. The van der Waals surface area contributed by atoms with E-state index in [9.17, 15) is 0 Å². The average Bonchev–Trinajstić information content (AvgIpc) is 1.86. The summed E-state index contributed by atoms with van der Waals surface area (Å²) < 4.78 is 0. The summed E-state index contributed by atoms with van der Waals surface area (Å²) in [5.41, 5.74) is 0. The zero-order valence-electron chi connectivity index (χ0n) is 3.26. The molecule has 0 bridgehead atoms. The SMILES string of the molecule is [Cl][Al]1[CH]=CC=[CH]1. The van der Waals surface area contributed by atoms with Crippen LogP contribution in [0, 0.1) is 0 Å². The topological polar surface area (TPSA) is 0 Å². The van der Waals surface area contributed by atoms with Crippen LogP contribution in [0.2, 0.25) is 0 Å². The molecule has 0 amide bonds. The highest BCUT2D eigenvalue weighted by atomic mass is 35.6. The third kappa shape index (κ3) is 0.880. The number of hydrogen-bond acceptors (Lipinski definition) is 0. The van der Waals surface area contributed by atoms with Crippen LogP contribution in [0.15, 0.2) is 22.0 Å². The van der Waals surface area contributed by atoms with Crippen molar-refractivity contribution >= 4 is 23.3 Å². The number of hydrogen-bond donors (Lipinski definition) is 0. The lowest BCUT2D eigenvalue weighted by molar-refractivity contribution is 2.15. The molecule has 0 radical (unpaired) electrons. The molecule has 1 aliphatic rings. The molecule has 0 spiro atoms. The van der Waals surface area contributed by atoms with Gasteiger partial charge in [-0.3, -0.25) is 0 Å². The monoisotopic (exact) mass is 114 g/mol. The summed E-state index contributed by atoms with van der Waals surface area (Å²) in [7, 11) is 5.68. The van der Waals surface area contributed by atoms with Gasteiger partial charge in [-0.1, -0.05) is 12.2 Å². The van der Waals surface area contributed by atoms with E-state index in [2.05, 4.69) is 9.88 Å². The third-order valence-corrected chi connectivity index (χ3v) is 2.75. The van der Waals surface area contributed by atoms with Crippen molar-refractivity contribution in [3.05, 3.63) is 22.0 Å². The number of rotatable bonds is 0. The molecule has 0 saturated carbocycles. The van der Waals surface area contributed by atoms with Gasteiger partial charge < -0.3 is 0 Å². The van der Waals surface area contributed by atoms with Crippen molar-refractivity contribution in [3.8, 4) is 0 Å². The van der Waals surface area contributed by atoms with Gasteiger partial charge in [-0.05, 0) is 0 Å². The van der Waals surface area contributed by atoms with Gasteiger partial charge in [0.15, 0.2) is 0 Å². The molecule has 0 aromatic carbocycles. The van der Waals surface area contributed by atoms with Crippen LogP contribution in [0.4, 0.5) is 0 Å². The highest BCUT2D eigenvalue weighted by molar-refractivity contribution is 7.13. The van der Waals surface area contributed by atoms with Gasteiger partial charge in [-0.25, -0.2) is 10.0 Å². The largest absolute Gasteiger partial charge is 0.460 e. The molecule has 0 nitrogen and oxygen atoms in total. The standard InChI is InChI=1S/C4H4.Al.ClH/c1-3-4-2;;/h1-4H;;1H/q;+1;/p-1. The van der Waals surface area contributed by atoms with Crippen molar-refractivity contribution < 1.29 is 0 Å². The van der Waals surface area contributed by atoms with Gasteiger partial charge >= 0.3 is 13.2 Å². The molecule has 0 unspecified atom stereocenters. The maximum atomic E-state index is 5.68. The zero-order chi connectivity index (χ0) is 4.41. The molecule has 2 heteroatoms. The van der Waals surface area contributed by atoms with E-state index in [1.54, 1.807) is 0 Å². The molecule has 1 rings (SSSR count). The molecule has 0 saturated heterocycles. The third-order valence-electron chi connectivity index (χ3n) is 0.701. The van der Waals surface area contributed by atoms with Gasteiger partial charge in [-0.2, -0.15) is 0 Å². The molecular weight excluding hydrogens is 110 g/mol. The summed E-state index contributed by atoms with van der Waals surface area (Å²) in [6, 6.07) is 0. The Bertz CT molecular complexity index is 83.7. The molecule has 1 aliphatic heterocycles. The van der Waals surface area contributed by atoms with Crippen molar-refractivity contribution in [1.82, 2.24) is 0 Å². The molecule has 1 heterocycles. The van der Waals surface area contributed by atoms with Crippen LogP contribution >= 0.6 is 10.0 Å². The summed E-state index contributed by atoms with van der Waals surface area (Å²) >= 11 is -0.938. The minimum absolute atomic E-state index is 0.938. The summed E-state index contributed by atoms with van der Waals surface area (Å²) in [5.74, 6) is 0. The Labute approximate surface area is 45.7 Å². The Morgan fingerprint density at radius 1 is 1.17 bits per heavy atom. The lowest BCUT2D eigenvalue weighted by atomic mass is 10.6. The first-order chi connectivity index (χ1) is 2.89. The average molecular weight is 115 g/mol. The molecule has 0 aromatic rings. The van der Waals surface area contributed by atoms with Crippen molar-refractivity contribution in [1.29, 1.82) is 0 Å². The second-order valence-electron chi connectivity index (χ2n) is 1.21. The quantitative estimate of drug-likeness (QED) is 0.418. The first-order valence-corrected chi connectivity index (χ1v) is 4.96. The van der Waals surface area contributed by atoms with Crippen molar-refractivity contribution in [2.75, 3.05) is 0 Å². The summed E-state index contributed by atoms with van der Waals surface area (Å²) in [4.78, 5) is 4.14. The van der Waals surface area contributed by atoms with E-state index in [1.165, 1.54) is 0 Å². The Morgan fingerprint density at radius 3 is 1.83 bits per heavy atom. The lowest BCUT2D eigenvalue weighted by Crippen LogP contribution is -1.86. The van der Waals surface area contributed by atoms with Crippen LogP contribution in [0.3, 0.4) is 0 Å². The van der Waals surface area contributed by atoms with Crippen LogP contribution in [-0.4, -0.2) is 13.2 Å². The van der Waals surface area contributed by atoms with Gasteiger partial charge in [-0.15, -0.1) is 9.88 Å². The number of allylic oxidation sites excluding steroid dienone is 2. The van der Waals surface area contributed by atoms with Crippen LogP contribution in [0.5, 0.6) is 0 Å². The molecule has 0 aliphatic carbocycles. The molecule has 6 heavy (non-hydrogen) atoms. The van der Waals surface area contributed by atoms with E-state index < -0.39 is 13.2 Å². The van der Waals surface area contributed by atoms with Crippen LogP contribution in [-0.2, 0) is 0 Å². The highest BCUT2D eigenvalue weighted by Gasteiger charge is 2.05. The van der Waals surface area contributed by atoms with E-state index >= 15 is 0 Å². The van der Waals surface area contributed by atoms with E-state index in [0.29, 0.717) is 0 Å². The van der Waals surface area contributed by atoms with Crippen LogP contribution in [0.1, 0.15) is 0 Å². The fraction of sp³-hybridized carbons (Fsp3) is 0. The molecule has 0 atom stereocenters. The van der Waals surface area contributed by atoms with Gasteiger partial charge in [0, 0.05) is 0 Å². The molecule has 0 fully saturated rings. The van der Waals surface area contributed by atoms with Crippen molar-refractivity contribution in [2.45, 2.75) is 0 Å². The van der Waals surface area contributed by atoms with Gasteiger partial charge in [0.2, 0.25) is 0 Å². The second kappa shape index (κ2) is 1.84. The minimum Gasteiger partial charge on any atom is -0.247 e. The minimum atomic E-state index is -0.938. The smallest absolute Gasteiger partial charge is 0.247 e. The van der Waals surface area contributed by atoms with Gasteiger partial charge in [0.25, 0.3) is 0 Å². The zero-order valence-corrected chi connectivity index (χ0v) is 5.18. The predicted molar refractivity (Wildman–Crippen MR) is 29.9 cm³/mol. The Hall–Kier alpha value is 0.302. The van der Waals surface area contributed by atoms with E-state index in [0.717, 1.165) is 0 Å². The second-order valence-corrected chi connectivity index (χ2v) is 4.38. The molecule has 0 aromatic heterocycles. The van der Waals surface area contributed by atoms with Crippen molar-refractivity contribution in [2.24, 2.45) is 0 Å². The first kappa shape index (κ1) is 4.46. The predicted octanol–water partition coefficient (Wildman–Crippen LogP) is 1.42. The van der Waals surface area contributed by atoms with E-state index in [4.69, 9.17) is 10.0 Å². The molecule has 30 valence electrons. The maximum absolute atomic E-state index is 5.68. The highest BCUT2D eigenvalue weighted by Crippen LogP contribution is 2.00. The van der Waals surface area contributed by atoms with E-state index in [-0.39, 0.29) is 0 Å². The Kier molecular flexibility index (Phi) is 1.37. The molecular formula is C4H4AlCl. The summed E-state index contributed by atoms with van der Waals surface area (Å²) in [5, 5.41) is 0. The van der Waals surface area contributed by atoms with Gasteiger partial charge in [0.05, 0.1) is 0 Å². The first-order valence-electron chi connectivity index (χ1n) is 1.88. The summed E-state index contributed by atoms with van der Waals surface area (Å²) in [6.07, 6.45) is 4.01. The number of halogens is 1. The van der Waals surface area contributed by atoms with Crippen LogP contribution in [0.25, 0.3) is 0 Å². The molecule has 0 N–H and O–H groups in total. The van der Waals surface area contributed by atoms with Crippen molar-refractivity contribution in [3.63, 3.8) is 0 Å². The fourth-order valence-corrected chi connectivity index (χ4v) is 1.72. The van der Waals surface area contributed by atoms with Gasteiger partial charge in [0.1, 0.15) is 0 Å².